The van der Waals surface area contributed by atoms with Crippen molar-refractivity contribution in [2.75, 3.05) is 17.7 Å². The SMILES string of the molecule is COc1ccc(N([C@H](C)C(=O)NCc2ccc(-n3ccnc3)cc2)S(C)(=O)=O)cc1Cl. The Labute approximate surface area is 186 Å². The van der Waals surface area contributed by atoms with Gasteiger partial charge in [-0.3, -0.25) is 9.10 Å². The molecular formula is C21H23ClN4O4S. The number of imidazole rings is 1. The zero-order valence-electron chi connectivity index (χ0n) is 17.3. The van der Waals surface area contributed by atoms with Crippen LogP contribution < -0.4 is 14.4 Å². The highest BCUT2D eigenvalue weighted by Crippen LogP contribution is 2.31. The van der Waals surface area contributed by atoms with Gasteiger partial charge in [0.25, 0.3) is 0 Å². The van der Waals surface area contributed by atoms with Crippen molar-refractivity contribution in [3.05, 3.63) is 71.8 Å². The van der Waals surface area contributed by atoms with Gasteiger partial charge >= 0.3 is 0 Å². The molecule has 0 fully saturated rings. The molecule has 0 aliphatic rings. The number of hydrogen-bond acceptors (Lipinski definition) is 5. The summed E-state index contributed by atoms with van der Waals surface area (Å²) >= 11 is 6.15. The van der Waals surface area contributed by atoms with Crippen LogP contribution >= 0.6 is 11.6 Å². The molecule has 164 valence electrons. The molecule has 10 heteroatoms. The Morgan fingerprint density at radius 3 is 2.52 bits per heavy atom. The number of rotatable bonds is 8. The fourth-order valence-electron chi connectivity index (χ4n) is 3.14. The Morgan fingerprint density at radius 1 is 1.26 bits per heavy atom. The van der Waals surface area contributed by atoms with Gasteiger partial charge in [0.05, 0.1) is 30.4 Å². The van der Waals surface area contributed by atoms with E-state index in [1.54, 1.807) is 24.7 Å². The van der Waals surface area contributed by atoms with Crippen LogP contribution in [0.3, 0.4) is 0 Å². The number of anilines is 1. The lowest BCUT2D eigenvalue weighted by atomic mass is 10.2. The van der Waals surface area contributed by atoms with Crippen molar-refractivity contribution in [1.29, 1.82) is 0 Å². The van der Waals surface area contributed by atoms with E-state index in [1.165, 1.54) is 20.1 Å². The second-order valence-corrected chi connectivity index (χ2v) is 9.17. The summed E-state index contributed by atoms with van der Waals surface area (Å²) in [6, 6.07) is 11.2. The van der Waals surface area contributed by atoms with E-state index in [0.29, 0.717) is 5.75 Å². The summed E-state index contributed by atoms with van der Waals surface area (Å²) in [6.07, 6.45) is 6.27. The van der Waals surface area contributed by atoms with E-state index < -0.39 is 22.0 Å². The van der Waals surface area contributed by atoms with Crippen LogP contribution in [0.1, 0.15) is 12.5 Å². The van der Waals surface area contributed by atoms with E-state index >= 15 is 0 Å². The first-order valence-electron chi connectivity index (χ1n) is 9.38. The second-order valence-electron chi connectivity index (χ2n) is 6.91. The van der Waals surface area contributed by atoms with Crippen LogP contribution in [-0.4, -0.2) is 43.3 Å². The Morgan fingerprint density at radius 2 is 1.97 bits per heavy atom. The van der Waals surface area contributed by atoms with Gasteiger partial charge in [-0.2, -0.15) is 0 Å². The van der Waals surface area contributed by atoms with Gasteiger partial charge in [-0.05, 0) is 42.8 Å². The molecule has 31 heavy (non-hydrogen) atoms. The number of methoxy groups -OCH3 is 1. The first-order chi connectivity index (χ1) is 14.7. The molecular weight excluding hydrogens is 440 g/mol. The molecule has 0 spiro atoms. The highest BCUT2D eigenvalue weighted by atomic mass is 35.5. The summed E-state index contributed by atoms with van der Waals surface area (Å²) in [5.41, 5.74) is 2.10. The third-order valence-electron chi connectivity index (χ3n) is 4.68. The quantitative estimate of drug-likeness (QED) is 0.555. The number of nitrogens with one attached hydrogen (secondary N) is 1. The lowest BCUT2D eigenvalue weighted by Gasteiger charge is -2.28. The molecule has 8 nitrogen and oxygen atoms in total. The maximum atomic E-state index is 12.8. The number of hydrogen-bond donors (Lipinski definition) is 1. The fourth-order valence-corrected chi connectivity index (χ4v) is 4.55. The van der Waals surface area contributed by atoms with Gasteiger partial charge in [-0.25, -0.2) is 13.4 Å². The number of aromatic nitrogens is 2. The first-order valence-corrected chi connectivity index (χ1v) is 11.6. The average Bonchev–Trinajstić information content (AvgIpc) is 3.26. The van der Waals surface area contributed by atoms with E-state index in [1.807, 2.05) is 35.0 Å². The van der Waals surface area contributed by atoms with E-state index in [0.717, 1.165) is 21.8 Å². The first kappa shape index (κ1) is 22.6. The van der Waals surface area contributed by atoms with Crippen LogP contribution in [0, 0.1) is 0 Å². The summed E-state index contributed by atoms with van der Waals surface area (Å²) in [4.78, 5) is 16.8. The van der Waals surface area contributed by atoms with Gasteiger partial charge in [-0.15, -0.1) is 0 Å². The molecule has 1 atom stereocenters. The van der Waals surface area contributed by atoms with Crippen molar-refractivity contribution < 1.29 is 17.9 Å². The van der Waals surface area contributed by atoms with Crippen LogP contribution in [-0.2, 0) is 21.4 Å². The van der Waals surface area contributed by atoms with Gasteiger partial charge < -0.3 is 14.6 Å². The molecule has 3 rings (SSSR count). The third-order valence-corrected chi connectivity index (χ3v) is 6.22. The van der Waals surface area contributed by atoms with E-state index in [2.05, 4.69) is 10.3 Å². The molecule has 0 bridgehead atoms. The van der Waals surface area contributed by atoms with Crippen molar-refractivity contribution in [3.8, 4) is 11.4 Å². The van der Waals surface area contributed by atoms with Crippen molar-refractivity contribution in [1.82, 2.24) is 14.9 Å². The zero-order chi connectivity index (χ0) is 22.6. The number of benzene rings is 2. The van der Waals surface area contributed by atoms with Crippen molar-refractivity contribution in [3.63, 3.8) is 0 Å². The molecule has 0 radical (unpaired) electrons. The Hall–Kier alpha value is -3.04. The number of carbonyl (C=O) groups is 1. The lowest BCUT2D eigenvalue weighted by molar-refractivity contribution is -0.122. The highest BCUT2D eigenvalue weighted by Gasteiger charge is 2.29. The standard InChI is InChI=1S/C21H23ClN4O4S/c1-15(26(31(3,28)29)18-8-9-20(30-2)19(22)12-18)21(27)24-13-16-4-6-17(7-5-16)25-11-10-23-14-25/h4-12,14-15H,13H2,1-3H3,(H,24,27)/t15-/m1/s1. The Kier molecular flexibility index (Phi) is 6.87. The minimum atomic E-state index is -3.75. The summed E-state index contributed by atoms with van der Waals surface area (Å²) in [5.74, 6) is -0.0221. The number of ether oxygens (including phenoxy) is 1. The molecule has 1 N–H and O–H groups in total. The Bertz CT molecular complexity index is 1150. The topological polar surface area (TPSA) is 93.5 Å². The smallest absolute Gasteiger partial charge is 0.243 e. The van der Waals surface area contributed by atoms with Crippen LogP contribution in [0.2, 0.25) is 5.02 Å². The molecule has 0 saturated carbocycles. The van der Waals surface area contributed by atoms with Gasteiger partial charge in [0.15, 0.2) is 0 Å². The van der Waals surface area contributed by atoms with Crippen LogP contribution in [0.4, 0.5) is 5.69 Å². The Balaban J connectivity index is 1.72. The minimum Gasteiger partial charge on any atom is -0.495 e. The summed E-state index contributed by atoms with van der Waals surface area (Å²) < 4.78 is 32.9. The maximum absolute atomic E-state index is 12.8. The molecule has 0 aliphatic carbocycles. The van der Waals surface area contributed by atoms with Crippen LogP contribution in [0.15, 0.2) is 61.2 Å². The molecule has 0 unspecified atom stereocenters. The lowest BCUT2D eigenvalue weighted by Crippen LogP contribution is -2.47. The molecule has 3 aromatic rings. The summed E-state index contributed by atoms with van der Waals surface area (Å²) in [7, 11) is -2.28. The third kappa shape index (κ3) is 5.36. The normalized spacial score (nSPS) is 12.3. The molecule has 1 amide bonds. The van der Waals surface area contributed by atoms with Gasteiger partial charge in [0.2, 0.25) is 15.9 Å². The van der Waals surface area contributed by atoms with E-state index in [-0.39, 0.29) is 17.3 Å². The minimum absolute atomic E-state index is 0.249. The van der Waals surface area contributed by atoms with Gasteiger partial charge in [-0.1, -0.05) is 23.7 Å². The van der Waals surface area contributed by atoms with Crippen LogP contribution in [0.5, 0.6) is 5.75 Å². The number of amides is 1. The van der Waals surface area contributed by atoms with E-state index in [4.69, 9.17) is 16.3 Å². The predicted octanol–water partition coefficient (Wildman–Crippen LogP) is 3.01. The van der Waals surface area contributed by atoms with Gasteiger partial charge in [0, 0.05) is 24.6 Å². The van der Waals surface area contributed by atoms with E-state index in [9.17, 15) is 13.2 Å². The second kappa shape index (κ2) is 9.40. The molecule has 0 aliphatic heterocycles. The summed E-state index contributed by atoms with van der Waals surface area (Å²) in [6.45, 7) is 1.78. The maximum Gasteiger partial charge on any atom is 0.243 e. The van der Waals surface area contributed by atoms with Crippen molar-refractivity contribution in [2.24, 2.45) is 0 Å². The molecule has 1 aromatic heterocycles. The molecule has 0 saturated heterocycles. The van der Waals surface area contributed by atoms with Crippen LogP contribution in [0.25, 0.3) is 5.69 Å². The van der Waals surface area contributed by atoms with Gasteiger partial charge in [0.1, 0.15) is 11.8 Å². The number of nitrogens with zero attached hydrogens (tertiary/aromatic N) is 3. The largest absolute Gasteiger partial charge is 0.495 e. The number of halogens is 1. The fraction of sp³-hybridized carbons (Fsp3) is 0.238. The summed E-state index contributed by atoms with van der Waals surface area (Å²) in [5, 5.41) is 3.04. The predicted molar refractivity (Wildman–Crippen MR) is 120 cm³/mol. The van der Waals surface area contributed by atoms with Crippen molar-refractivity contribution in [2.45, 2.75) is 19.5 Å². The zero-order valence-corrected chi connectivity index (χ0v) is 18.9. The number of carbonyl (C=O) groups excluding carboxylic acids is 1. The monoisotopic (exact) mass is 462 g/mol. The molecule has 1 heterocycles. The highest BCUT2D eigenvalue weighted by molar-refractivity contribution is 7.92. The molecule has 2 aromatic carbocycles. The number of sulfonamides is 1. The average molecular weight is 463 g/mol. The van der Waals surface area contributed by atoms with Crippen molar-refractivity contribution >= 4 is 33.2 Å².